The third kappa shape index (κ3) is 5.82. The number of aliphatic hydroxyl groups excluding tert-OH is 2. The first-order valence-electron chi connectivity index (χ1n) is 14.7. The van der Waals surface area contributed by atoms with Crippen molar-refractivity contribution in [3.8, 4) is 0 Å². The Bertz CT molecular complexity index is 941. The highest BCUT2D eigenvalue weighted by Gasteiger charge is 2.48. The Balaban J connectivity index is 1.26. The van der Waals surface area contributed by atoms with Crippen molar-refractivity contribution >= 4 is 17.7 Å². The first kappa shape index (κ1) is 27.3. The molecule has 0 aromatic carbocycles. The van der Waals surface area contributed by atoms with E-state index in [0.29, 0.717) is 39.2 Å². The molecule has 0 aromatic rings. The van der Waals surface area contributed by atoms with Crippen molar-refractivity contribution in [3.05, 3.63) is 0 Å². The van der Waals surface area contributed by atoms with Gasteiger partial charge in [-0.2, -0.15) is 0 Å². The van der Waals surface area contributed by atoms with Crippen LogP contribution in [0, 0.1) is 5.92 Å². The molecule has 39 heavy (non-hydrogen) atoms. The van der Waals surface area contributed by atoms with Crippen molar-refractivity contribution in [2.24, 2.45) is 5.92 Å². The maximum atomic E-state index is 14.0. The molecular weight excluding hydrogens is 506 g/mol. The molecule has 5 saturated heterocycles. The topological polar surface area (TPSA) is 135 Å². The van der Waals surface area contributed by atoms with Crippen LogP contribution in [-0.4, -0.2) is 156 Å². The number of morpholine rings is 1. The minimum absolute atomic E-state index is 0.0123. The van der Waals surface area contributed by atoms with Gasteiger partial charge in [0.05, 0.1) is 31.3 Å². The van der Waals surface area contributed by atoms with Gasteiger partial charge in [-0.15, -0.1) is 0 Å². The molecule has 1 saturated carbocycles. The highest BCUT2D eigenvalue weighted by atomic mass is 16.5. The number of nitrogens with one attached hydrogen (secondary N) is 1. The molecule has 6 fully saturated rings. The van der Waals surface area contributed by atoms with Gasteiger partial charge in [-0.3, -0.25) is 19.3 Å². The highest BCUT2D eigenvalue weighted by Crippen LogP contribution is 2.33. The van der Waals surface area contributed by atoms with Crippen LogP contribution in [0.25, 0.3) is 0 Å². The number of aliphatic hydroxyl groups is 2. The predicted octanol–water partition coefficient (Wildman–Crippen LogP) is -2.00. The third-order valence-electron chi connectivity index (χ3n) is 9.51. The standard InChI is InChI=1S/C27H43N5O7/c1-29-6-4-18(5-7-29)32-12-17-10-20(32)27(37)30-8-9-38-19(13-30)14-31(26(36)16-2-3-16)15-22-25(35)24(34)21(39-22)11-23(33)28-17/h16-22,24-25,34-35H,2-15H2,1H3,(H,28,33)/t17-,19-,20-,21-,22+,24-,25+/m0/s1. The number of nitrogens with zero attached hydrogens (tertiary/aromatic N) is 4. The Hall–Kier alpha value is -1.83. The maximum Gasteiger partial charge on any atom is 0.240 e. The Kier molecular flexibility index (Phi) is 7.86. The molecular formula is C27H43N5O7. The summed E-state index contributed by atoms with van der Waals surface area (Å²) in [6.07, 6.45) is -0.354. The average molecular weight is 550 g/mol. The van der Waals surface area contributed by atoms with Gasteiger partial charge in [-0.1, -0.05) is 0 Å². The summed E-state index contributed by atoms with van der Waals surface area (Å²) in [5, 5.41) is 24.5. The van der Waals surface area contributed by atoms with E-state index in [1.165, 1.54) is 0 Å². The molecule has 6 rings (SSSR count). The number of carbonyl (C=O) groups is 3. The predicted molar refractivity (Wildman–Crippen MR) is 138 cm³/mol. The number of piperidine rings is 1. The molecule has 0 unspecified atom stereocenters. The Morgan fingerprint density at radius 2 is 1.69 bits per heavy atom. The normalized spacial score (nSPS) is 39.7. The van der Waals surface area contributed by atoms with Crippen LogP contribution in [0.2, 0.25) is 0 Å². The van der Waals surface area contributed by atoms with Crippen molar-refractivity contribution in [2.45, 2.75) is 87.2 Å². The zero-order valence-electron chi connectivity index (χ0n) is 22.8. The third-order valence-corrected chi connectivity index (χ3v) is 9.51. The molecule has 3 amide bonds. The number of rotatable bonds is 2. The fourth-order valence-corrected chi connectivity index (χ4v) is 7.10. The zero-order valence-corrected chi connectivity index (χ0v) is 22.8. The number of amides is 3. The van der Waals surface area contributed by atoms with Crippen molar-refractivity contribution in [1.29, 1.82) is 0 Å². The van der Waals surface area contributed by atoms with Gasteiger partial charge in [0.1, 0.15) is 18.3 Å². The lowest BCUT2D eigenvalue weighted by molar-refractivity contribution is -0.148. The molecule has 7 atom stereocenters. The monoisotopic (exact) mass is 549 g/mol. The van der Waals surface area contributed by atoms with Crippen LogP contribution < -0.4 is 5.32 Å². The van der Waals surface area contributed by atoms with E-state index >= 15 is 0 Å². The van der Waals surface area contributed by atoms with E-state index in [0.717, 1.165) is 38.8 Å². The van der Waals surface area contributed by atoms with Gasteiger partial charge in [-0.05, 0) is 52.2 Å². The minimum atomic E-state index is -1.22. The summed E-state index contributed by atoms with van der Waals surface area (Å²) in [6.45, 7) is 4.24. The second-order valence-electron chi connectivity index (χ2n) is 12.4. The lowest BCUT2D eigenvalue weighted by Crippen LogP contribution is -2.57. The van der Waals surface area contributed by atoms with Gasteiger partial charge >= 0.3 is 0 Å². The van der Waals surface area contributed by atoms with Crippen LogP contribution in [0.3, 0.4) is 0 Å². The van der Waals surface area contributed by atoms with Crippen LogP contribution >= 0.6 is 0 Å². The second kappa shape index (κ2) is 11.2. The fraction of sp³-hybridized carbons (Fsp3) is 0.889. The van der Waals surface area contributed by atoms with Gasteiger partial charge in [0.25, 0.3) is 0 Å². The van der Waals surface area contributed by atoms with Gasteiger partial charge in [0.15, 0.2) is 0 Å². The van der Waals surface area contributed by atoms with E-state index < -0.39 is 24.4 Å². The first-order chi connectivity index (χ1) is 18.8. The number of hydrogen-bond acceptors (Lipinski definition) is 9. The molecule has 5 aliphatic heterocycles. The molecule has 1 aliphatic carbocycles. The van der Waals surface area contributed by atoms with Crippen LogP contribution in [0.5, 0.6) is 0 Å². The average Bonchev–Trinajstić information content (AvgIpc) is 3.65. The molecule has 6 aliphatic rings. The molecule has 12 nitrogen and oxygen atoms in total. The number of carbonyl (C=O) groups excluding carboxylic acids is 3. The fourth-order valence-electron chi connectivity index (χ4n) is 7.10. The van der Waals surface area contributed by atoms with E-state index in [1.54, 1.807) is 4.90 Å². The molecule has 5 heterocycles. The van der Waals surface area contributed by atoms with E-state index in [2.05, 4.69) is 22.2 Å². The lowest BCUT2D eigenvalue weighted by Gasteiger charge is -2.41. The van der Waals surface area contributed by atoms with E-state index in [-0.39, 0.29) is 60.8 Å². The van der Waals surface area contributed by atoms with E-state index in [9.17, 15) is 24.6 Å². The summed E-state index contributed by atoms with van der Waals surface area (Å²) in [6, 6.07) is -0.223. The second-order valence-corrected chi connectivity index (χ2v) is 12.4. The Morgan fingerprint density at radius 3 is 2.44 bits per heavy atom. The van der Waals surface area contributed by atoms with Gasteiger partial charge in [0.2, 0.25) is 17.7 Å². The minimum Gasteiger partial charge on any atom is -0.388 e. The molecule has 218 valence electrons. The summed E-state index contributed by atoms with van der Waals surface area (Å²) < 4.78 is 12.0. The molecule has 3 N–H and O–H groups in total. The highest BCUT2D eigenvalue weighted by molar-refractivity contribution is 5.83. The number of likely N-dealkylation sites (tertiary alicyclic amines) is 2. The largest absolute Gasteiger partial charge is 0.388 e. The Morgan fingerprint density at radius 1 is 0.949 bits per heavy atom. The van der Waals surface area contributed by atoms with Crippen molar-refractivity contribution in [3.63, 3.8) is 0 Å². The summed E-state index contributed by atoms with van der Waals surface area (Å²) >= 11 is 0. The Labute approximate surface area is 229 Å². The van der Waals surface area contributed by atoms with Crippen LogP contribution in [0.1, 0.15) is 38.5 Å². The number of ether oxygens (including phenoxy) is 2. The molecule has 0 aromatic heterocycles. The van der Waals surface area contributed by atoms with Crippen LogP contribution in [0.15, 0.2) is 0 Å². The first-order valence-corrected chi connectivity index (χ1v) is 14.7. The van der Waals surface area contributed by atoms with Crippen molar-refractivity contribution in [2.75, 3.05) is 59.5 Å². The van der Waals surface area contributed by atoms with Crippen molar-refractivity contribution in [1.82, 2.24) is 24.9 Å². The lowest BCUT2D eigenvalue weighted by atomic mass is 10.0. The SMILES string of the molecule is CN1CCC(N2C[C@@H]3C[C@H]2C(=O)N2CCO[C@H](CN(C(=O)C4CC4)C[C@H]4O[C@@H](CC(=O)N3)[C@H](O)[C@@H]4O)C2)CC1. The number of fused-ring (bicyclic) bond motifs is 6. The summed E-state index contributed by atoms with van der Waals surface area (Å²) in [4.78, 5) is 48.4. The zero-order chi connectivity index (χ0) is 27.3. The summed E-state index contributed by atoms with van der Waals surface area (Å²) in [7, 11) is 2.12. The summed E-state index contributed by atoms with van der Waals surface area (Å²) in [5.41, 5.74) is 0. The summed E-state index contributed by atoms with van der Waals surface area (Å²) in [5.74, 6) is -0.250. The maximum absolute atomic E-state index is 14.0. The quantitative estimate of drug-likeness (QED) is 0.357. The molecule has 0 spiro atoms. The smallest absolute Gasteiger partial charge is 0.240 e. The van der Waals surface area contributed by atoms with E-state index in [1.807, 2.05) is 4.90 Å². The number of hydrogen-bond donors (Lipinski definition) is 3. The molecule has 0 radical (unpaired) electrons. The van der Waals surface area contributed by atoms with Crippen molar-refractivity contribution < 1.29 is 34.1 Å². The molecule has 12 heteroatoms. The van der Waals surface area contributed by atoms with E-state index in [4.69, 9.17) is 9.47 Å². The van der Waals surface area contributed by atoms with Crippen LogP contribution in [0.4, 0.5) is 0 Å². The van der Waals surface area contributed by atoms with Gasteiger partial charge in [-0.25, -0.2) is 0 Å². The molecule has 6 bridgehead atoms. The van der Waals surface area contributed by atoms with Gasteiger partial charge < -0.3 is 39.7 Å². The van der Waals surface area contributed by atoms with Crippen LogP contribution in [-0.2, 0) is 23.9 Å². The van der Waals surface area contributed by atoms with Gasteiger partial charge in [0, 0.05) is 50.7 Å².